The molecule has 1 fully saturated rings. The van der Waals surface area contributed by atoms with Crippen LogP contribution in [0.25, 0.3) is 0 Å². The van der Waals surface area contributed by atoms with Gasteiger partial charge in [-0.2, -0.15) is 0 Å². The number of ether oxygens (including phenoxy) is 1. The molecular formula is C19H20ClN3O3. The number of amides is 2. The summed E-state index contributed by atoms with van der Waals surface area (Å²) in [7, 11) is 1.54. The fourth-order valence-electron chi connectivity index (χ4n) is 3.02. The number of rotatable bonds is 5. The van der Waals surface area contributed by atoms with Crippen LogP contribution >= 0.6 is 11.6 Å². The fourth-order valence-corrected chi connectivity index (χ4v) is 3.19. The highest BCUT2D eigenvalue weighted by atomic mass is 35.5. The average Bonchev–Trinajstić information content (AvgIpc) is 2.68. The van der Waals surface area contributed by atoms with E-state index in [1.807, 2.05) is 29.2 Å². The molecule has 1 aliphatic heterocycles. The minimum Gasteiger partial charge on any atom is -0.496 e. The van der Waals surface area contributed by atoms with Gasteiger partial charge in [0.2, 0.25) is 6.41 Å². The summed E-state index contributed by atoms with van der Waals surface area (Å²) in [6.45, 7) is 2.69. The second-order valence-electron chi connectivity index (χ2n) is 5.93. The Balaban J connectivity index is 1.65. The molecule has 2 aromatic rings. The minimum absolute atomic E-state index is 0.0745. The van der Waals surface area contributed by atoms with Crippen molar-refractivity contribution in [2.45, 2.75) is 0 Å². The lowest BCUT2D eigenvalue weighted by molar-refractivity contribution is -0.105. The maximum Gasteiger partial charge on any atom is 0.257 e. The molecule has 1 saturated heterocycles. The third-order valence-electron chi connectivity index (χ3n) is 4.42. The first-order valence-corrected chi connectivity index (χ1v) is 8.68. The van der Waals surface area contributed by atoms with Gasteiger partial charge in [0.25, 0.3) is 5.91 Å². The number of hydrogen-bond acceptors (Lipinski definition) is 4. The summed E-state index contributed by atoms with van der Waals surface area (Å²) in [6, 6.07) is 12.7. The third-order valence-corrected chi connectivity index (χ3v) is 4.65. The van der Waals surface area contributed by atoms with E-state index >= 15 is 0 Å². The van der Waals surface area contributed by atoms with E-state index in [4.69, 9.17) is 16.3 Å². The maximum atomic E-state index is 12.8. The molecule has 6 nitrogen and oxygen atoms in total. The Hall–Kier alpha value is -2.73. The SMILES string of the molecule is COc1ccc(Cl)cc1C(=O)N1CCN(c2ccc(NC=O)cc2)CC1. The van der Waals surface area contributed by atoms with Gasteiger partial charge in [0.1, 0.15) is 5.75 Å². The first-order chi connectivity index (χ1) is 12.6. The van der Waals surface area contributed by atoms with Crippen LogP contribution in [0.5, 0.6) is 5.75 Å². The molecule has 1 N–H and O–H groups in total. The average molecular weight is 374 g/mol. The molecule has 136 valence electrons. The normalized spacial score (nSPS) is 14.1. The Bertz CT molecular complexity index is 787. The second-order valence-corrected chi connectivity index (χ2v) is 6.37. The van der Waals surface area contributed by atoms with Gasteiger partial charge in [0.05, 0.1) is 12.7 Å². The van der Waals surface area contributed by atoms with Gasteiger partial charge in [-0.25, -0.2) is 0 Å². The molecule has 0 unspecified atom stereocenters. The molecule has 0 spiro atoms. The zero-order valence-electron chi connectivity index (χ0n) is 14.4. The molecule has 0 aromatic heterocycles. The van der Waals surface area contributed by atoms with Crippen molar-refractivity contribution < 1.29 is 14.3 Å². The quantitative estimate of drug-likeness (QED) is 0.819. The number of piperazine rings is 1. The van der Waals surface area contributed by atoms with Crippen LogP contribution in [0.4, 0.5) is 11.4 Å². The number of anilines is 2. The summed E-state index contributed by atoms with van der Waals surface area (Å²) in [5.41, 5.74) is 2.30. The van der Waals surface area contributed by atoms with Crippen molar-refractivity contribution in [1.29, 1.82) is 0 Å². The van der Waals surface area contributed by atoms with E-state index in [-0.39, 0.29) is 5.91 Å². The molecule has 0 saturated carbocycles. The predicted octanol–water partition coefficient (Wildman–Crippen LogP) is 2.88. The summed E-state index contributed by atoms with van der Waals surface area (Å²) in [6.07, 6.45) is 0.656. The summed E-state index contributed by atoms with van der Waals surface area (Å²) < 4.78 is 5.29. The topological polar surface area (TPSA) is 61.9 Å². The molecule has 1 heterocycles. The molecule has 2 amide bonds. The number of halogens is 1. The van der Waals surface area contributed by atoms with E-state index in [0.29, 0.717) is 35.8 Å². The Morgan fingerprint density at radius 2 is 1.81 bits per heavy atom. The summed E-state index contributed by atoms with van der Waals surface area (Å²) in [5.74, 6) is 0.453. The number of carbonyl (C=O) groups is 2. The zero-order valence-corrected chi connectivity index (χ0v) is 15.2. The van der Waals surface area contributed by atoms with Gasteiger partial charge in [-0.1, -0.05) is 11.6 Å². The lowest BCUT2D eigenvalue weighted by Crippen LogP contribution is -2.48. The minimum atomic E-state index is -0.0745. The number of nitrogens with one attached hydrogen (secondary N) is 1. The van der Waals surface area contributed by atoms with E-state index in [1.165, 1.54) is 0 Å². The van der Waals surface area contributed by atoms with Crippen molar-refractivity contribution in [3.63, 3.8) is 0 Å². The first kappa shape index (κ1) is 18.1. The molecule has 26 heavy (non-hydrogen) atoms. The standard InChI is InChI=1S/C19H20ClN3O3/c1-26-18-7-2-14(20)12-17(18)19(25)23-10-8-22(9-11-23)16-5-3-15(4-6-16)21-13-24/h2-7,12-13H,8-11H2,1H3,(H,21,24). The monoisotopic (exact) mass is 373 g/mol. The van der Waals surface area contributed by atoms with Gasteiger partial charge in [-0.15, -0.1) is 0 Å². The van der Waals surface area contributed by atoms with Crippen LogP contribution < -0.4 is 15.0 Å². The van der Waals surface area contributed by atoms with E-state index in [0.717, 1.165) is 24.5 Å². The lowest BCUT2D eigenvalue weighted by atomic mass is 10.1. The van der Waals surface area contributed by atoms with E-state index in [1.54, 1.807) is 25.3 Å². The van der Waals surface area contributed by atoms with Crippen LogP contribution in [0.2, 0.25) is 5.02 Å². The predicted molar refractivity (Wildman–Crippen MR) is 102 cm³/mol. The maximum absolute atomic E-state index is 12.8. The summed E-state index contributed by atoms with van der Waals surface area (Å²) in [4.78, 5) is 27.3. The molecule has 2 aromatic carbocycles. The lowest BCUT2D eigenvalue weighted by Gasteiger charge is -2.36. The van der Waals surface area contributed by atoms with Gasteiger partial charge >= 0.3 is 0 Å². The molecule has 3 rings (SSSR count). The van der Waals surface area contributed by atoms with Crippen molar-refractivity contribution in [2.75, 3.05) is 43.5 Å². The van der Waals surface area contributed by atoms with Crippen LogP contribution in [0.1, 0.15) is 10.4 Å². The molecular weight excluding hydrogens is 354 g/mol. The second kappa shape index (κ2) is 8.10. The van der Waals surface area contributed by atoms with Gasteiger partial charge in [0, 0.05) is 42.6 Å². The van der Waals surface area contributed by atoms with Gasteiger partial charge < -0.3 is 19.9 Å². The van der Waals surface area contributed by atoms with E-state index < -0.39 is 0 Å². The molecule has 0 radical (unpaired) electrons. The van der Waals surface area contributed by atoms with E-state index in [2.05, 4.69) is 10.2 Å². The Morgan fingerprint density at radius 1 is 1.12 bits per heavy atom. The first-order valence-electron chi connectivity index (χ1n) is 8.30. The number of hydrogen-bond donors (Lipinski definition) is 1. The highest BCUT2D eigenvalue weighted by Crippen LogP contribution is 2.25. The van der Waals surface area contributed by atoms with Crippen molar-refractivity contribution in [1.82, 2.24) is 4.90 Å². The van der Waals surface area contributed by atoms with Crippen LogP contribution in [0.15, 0.2) is 42.5 Å². The zero-order chi connectivity index (χ0) is 18.5. The van der Waals surface area contributed by atoms with Gasteiger partial charge in [-0.05, 0) is 42.5 Å². The number of nitrogens with zero attached hydrogens (tertiary/aromatic N) is 2. The molecule has 7 heteroatoms. The highest BCUT2D eigenvalue weighted by molar-refractivity contribution is 6.31. The van der Waals surface area contributed by atoms with E-state index in [9.17, 15) is 9.59 Å². The van der Waals surface area contributed by atoms with Crippen molar-refractivity contribution >= 4 is 35.3 Å². The van der Waals surface area contributed by atoms with Crippen molar-refractivity contribution in [3.8, 4) is 5.75 Å². The Labute approximate surface area is 157 Å². The third kappa shape index (κ3) is 3.91. The molecule has 0 aliphatic carbocycles. The number of methoxy groups -OCH3 is 1. The number of benzene rings is 2. The largest absolute Gasteiger partial charge is 0.496 e. The van der Waals surface area contributed by atoms with Crippen molar-refractivity contribution in [3.05, 3.63) is 53.1 Å². The molecule has 0 atom stereocenters. The van der Waals surface area contributed by atoms with Crippen molar-refractivity contribution in [2.24, 2.45) is 0 Å². The highest BCUT2D eigenvalue weighted by Gasteiger charge is 2.24. The fraction of sp³-hybridized carbons (Fsp3) is 0.263. The van der Waals surface area contributed by atoms with Gasteiger partial charge in [-0.3, -0.25) is 9.59 Å². The Morgan fingerprint density at radius 3 is 2.42 bits per heavy atom. The van der Waals surface area contributed by atoms with Crippen LogP contribution in [0, 0.1) is 0 Å². The smallest absolute Gasteiger partial charge is 0.257 e. The van der Waals surface area contributed by atoms with Crippen LogP contribution in [0.3, 0.4) is 0 Å². The number of carbonyl (C=O) groups excluding carboxylic acids is 2. The molecule has 0 bridgehead atoms. The van der Waals surface area contributed by atoms with Gasteiger partial charge in [0.15, 0.2) is 0 Å². The molecule has 1 aliphatic rings. The summed E-state index contributed by atoms with van der Waals surface area (Å²) >= 11 is 6.03. The summed E-state index contributed by atoms with van der Waals surface area (Å²) in [5, 5.41) is 3.13. The Kier molecular flexibility index (Phi) is 5.63. The van der Waals surface area contributed by atoms with Crippen LogP contribution in [-0.4, -0.2) is 50.5 Å². The van der Waals surface area contributed by atoms with Crippen LogP contribution in [-0.2, 0) is 4.79 Å².